The summed E-state index contributed by atoms with van der Waals surface area (Å²) in [6.45, 7) is 5.53. The molecule has 1 atom stereocenters. The molecule has 2 aromatic carbocycles. The van der Waals surface area contributed by atoms with E-state index in [2.05, 4.69) is 23.8 Å². The second-order valence-electron chi connectivity index (χ2n) is 8.63. The highest BCUT2D eigenvalue weighted by molar-refractivity contribution is 5.82. The Morgan fingerprint density at radius 1 is 0.909 bits per heavy atom. The van der Waals surface area contributed by atoms with E-state index in [1.165, 1.54) is 6.92 Å². The number of unbranched alkanes of at least 4 members (excludes halogenated alkanes) is 3. The first-order valence-corrected chi connectivity index (χ1v) is 11.9. The Labute approximate surface area is 196 Å². The van der Waals surface area contributed by atoms with Crippen LogP contribution in [0, 0.1) is 0 Å². The van der Waals surface area contributed by atoms with Crippen LogP contribution in [-0.2, 0) is 11.2 Å². The maximum absolute atomic E-state index is 14.8. The lowest BCUT2D eigenvalue weighted by Gasteiger charge is -2.18. The number of ether oxygens (including phenoxy) is 1. The van der Waals surface area contributed by atoms with Crippen molar-refractivity contribution in [2.75, 3.05) is 0 Å². The van der Waals surface area contributed by atoms with Gasteiger partial charge in [-0.1, -0.05) is 75.9 Å². The van der Waals surface area contributed by atoms with Gasteiger partial charge in [0.25, 0.3) is 0 Å². The lowest BCUT2D eigenvalue weighted by atomic mass is 9.98. The quantitative estimate of drug-likeness (QED) is 0.175. The highest BCUT2D eigenvalue weighted by Crippen LogP contribution is 2.31. The Bertz CT molecular complexity index is 1030. The molecule has 0 saturated carbocycles. The fraction of sp³-hybridized carbons (Fsp3) is 0.393. The number of hydrogen-bond donors (Lipinski definition) is 0. The minimum atomic E-state index is -1.99. The van der Waals surface area contributed by atoms with Crippen molar-refractivity contribution in [2.45, 2.75) is 71.4 Å². The number of halogens is 1. The van der Waals surface area contributed by atoms with Crippen LogP contribution in [0.15, 0.2) is 60.9 Å². The summed E-state index contributed by atoms with van der Waals surface area (Å²) >= 11 is 0. The van der Waals surface area contributed by atoms with Crippen LogP contribution >= 0.6 is 0 Å². The van der Waals surface area contributed by atoms with Crippen LogP contribution in [-0.4, -0.2) is 21.6 Å². The molecule has 0 fully saturated rings. The van der Waals surface area contributed by atoms with Gasteiger partial charge >= 0.3 is 5.97 Å². The molecule has 0 aliphatic rings. The van der Waals surface area contributed by atoms with E-state index in [-0.39, 0.29) is 6.42 Å². The van der Waals surface area contributed by atoms with Crippen LogP contribution < -0.4 is 4.74 Å². The van der Waals surface area contributed by atoms with E-state index in [9.17, 15) is 9.18 Å². The molecule has 0 spiro atoms. The molecule has 3 rings (SSSR count). The summed E-state index contributed by atoms with van der Waals surface area (Å²) in [7, 11) is 0. The molecule has 0 aliphatic carbocycles. The number of alkyl halides is 1. The molecule has 0 N–H and O–H groups in total. The van der Waals surface area contributed by atoms with E-state index in [4.69, 9.17) is 4.74 Å². The highest BCUT2D eigenvalue weighted by atomic mass is 19.1. The Morgan fingerprint density at radius 3 is 2.21 bits per heavy atom. The maximum atomic E-state index is 14.8. The van der Waals surface area contributed by atoms with Crippen molar-refractivity contribution in [2.24, 2.45) is 0 Å². The van der Waals surface area contributed by atoms with E-state index in [1.807, 2.05) is 48.8 Å². The lowest BCUT2D eigenvalue weighted by molar-refractivity contribution is -0.147. The number of nitrogens with zero attached hydrogens (tertiary/aromatic N) is 2. The largest absolute Gasteiger partial charge is 0.424 e. The number of hydrogen-bond acceptors (Lipinski definition) is 4. The number of rotatable bonds is 11. The number of carbonyl (C=O) groups excluding carboxylic acids is 1. The number of aromatic nitrogens is 2. The van der Waals surface area contributed by atoms with Crippen LogP contribution in [0.3, 0.4) is 0 Å². The topological polar surface area (TPSA) is 52.1 Å². The summed E-state index contributed by atoms with van der Waals surface area (Å²) in [4.78, 5) is 21.5. The van der Waals surface area contributed by atoms with Crippen LogP contribution in [0.25, 0.3) is 22.5 Å². The van der Waals surface area contributed by atoms with Crippen molar-refractivity contribution in [3.8, 4) is 28.3 Å². The van der Waals surface area contributed by atoms with Crippen LogP contribution in [0.2, 0.25) is 0 Å². The summed E-state index contributed by atoms with van der Waals surface area (Å²) in [6, 6.07) is 15.0. The first kappa shape index (κ1) is 24.6. The number of benzene rings is 2. The molecule has 0 radical (unpaired) electrons. The van der Waals surface area contributed by atoms with Gasteiger partial charge in [-0.05, 0) is 55.0 Å². The summed E-state index contributed by atoms with van der Waals surface area (Å²) < 4.78 is 20.1. The van der Waals surface area contributed by atoms with E-state index in [1.54, 1.807) is 12.1 Å². The average Bonchev–Trinajstić information content (AvgIpc) is 2.83. The molecule has 0 saturated heterocycles. The maximum Gasteiger partial charge on any atom is 0.348 e. The molecule has 174 valence electrons. The Morgan fingerprint density at radius 2 is 1.58 bits per heavy atom. The third-order valence-electron chi connectivity index (χ3n) is 5.71. The van der Waals surface area contributed by atoms with E-state index in [0.717, 1.165) is 54.4 Å². The normalized spacial score (nSPS) is 12.8. The zero-order chi connectivity index (χ0) is 23.7. The monoisotopic (exact) mass is 448 g/mol. The van der Waals surface area contributed by atoms with Crippen LogP contribution in [0.1, 0.15) is 64.9 Å². The lowest BCUT2D eigenvalue weighted by Crippen LogP contribution is -2.34. The zero-order valence-corrected chi connectivity index (χ0v) is 19.8. The van der Waals surface area contributed by atoms with E-state index >= 15 is 0 Å². The molecule has 4 nitrogen and oxygen atoms in total. The summed E-state index contributed by atoms with van der Waals surface area (Å²) in [6.07, 6.45) is 9.64. The molecule has 0 aliphatic heterocycles. The Balaban J connectivity index is 1.72. The smallest absolute Gasteiger partial charge is 0.348 e. The van der Waals surface area contributed by atoms with Crippen LogP contribution in [0.5, 0.6) is 5.75 Å². The third kappa shape index (κ3) is 6.70. The molecule has 33 heavy (non-hydrogen) atoms. The molecule has 0 amide bonds. The fourth-order valence-corrected chi connectivity index (χ4v) is 3.74. The van der Waals surface area contributed by atoms with Gasteiger partial charge in [-0.2, -0.15) is 0 Å². The Kier molecular flexibility index (Phi) is 8.70. The van der Waals surface area contributed by atoms with E-state index in [0.29, 0.717) is 18.0 Å². The SMILES string of the molecule is CCCCCCC(C)(F)C(=O)Oc1ccc(-c2ccccc2-c2ncc(CCC)cn2)cc1. The molecule has 3 aromatic rings. The van der Waals surface area contributed by atoms with Gasteiger partial charge in [0.05, 0.1) is 0 Å². The van der Waals surface area contributed by atoms with Crippen molar-refractivity contribution in [1.29, 1.82) is 0 Å². The van der Waals surface area contributed by atoms with Crippen molar-refractivity contribution in [3.63, 3.8) is 0 Å². The molecular formula is C28H33FN2O2. The highest BCUT2D eigenvalue weighted by Gasteiger charge is 2.34. The second-order valence-corrected chi connectivity index (χ2v) is 8.63. The predicted octanol–water partition coefficient (Wildman–Crippen LogP) is 7.37. The van der Waals surface area contributed by atoms with Gasteiger partial charge in [-0.3, -0.25) is 0 Å². The zero-order valence-electron chi connectivity index (χ0n) is 19.8. The number of carbonyl (C=O) groups is 1. The first-order valence-electron chi connectivity index (χ1n) is 11.9. The van der Waals surface area contributed by atoms with Gasteiger partial charge in [0.1, 0.15) is 5.75 Å². The van der Waals surface area contributed by atoms with Gasteiger partial charge in [-0.15, -0.1) is 0 Å². The fourth-order valence-electron chi connectivity index (χ4n) is 3.74. The van der Waals surface area contributed by atoms with Gasteiger partial charge < -0.3 is 4.74 Å². The minimum Gasteiger partial charge on any atom is -0.424 e. The van der Waals surface area contributed by atoms with Crippen molar-refractivity contribution >= 4 is 5.97 Å². The summed E-state index contributed by atoms with van der Waals surface area (Å²) in [5.74, 6) is 0.156. The van der Waals surface area contributed by atoms with Crippen LogP contribution in [0.4, 0.5) is 4.39 Å². The second kappa shape index (κ2) is 11.7. The molecule has 0 bridgehead atoms. The predicted molar refractivity (Wildman–Crippen MR) is 131 cm³/mol. The van der Waals surface area contributed by atoms with Gasteiger partial charge in [0.15, 0.2) is 5.82 Å². The van der Waals surface area contributed by atoms with Gasteiger partial charge in [0.2, 0.25) is 5.67 Å². The molecule has 1 heterocycles. The van der Waals surface area contributed by atoms with Crippen molar-refractivity contribution < 1.29 is 13.9 Å². The van der Waals surface area contributed by atoms with Gasteiger partial charge in [0, 0.05) is 18.0 Å². The van der Waals surface area contributed by atoms with E-state index < -0.39 is 11.6 Å². The average molecular weight is 449 g/mol. The molecule has 5 heteroatoms. The standard InChI is InChI=1S/C28H33FN2O2/c1-4-6-7-10-18-28(3,29)27(32)33-23-16-14-22(15-17-23)24-12-8-9-13-25(24)26-30-19-21(11-5-2)20-31-26/h8-9,12-17,19-20H,4-7,10-11,18H2,1-3H3. The molecule has 1 unspecified atom stereocenters. The van der Waals surface area contributed by atoms with Crippen molar-refractivity contribution in [3.05, 3.63) is 66.5 Å². The summed E-state index contributed by atoms with van der Waals surface area (Å²) in [5, 5.41) is 0. The third-order valence-corrected chi connectivity index (χ3v) is 5.71. The molecule has 1 aromatic heterocycles. The Hall–Kier alpha value is -3.08. The van der Waals surface area contributed by atoms with Crippen molar-refractivity contribution in [1.82, 2.24) is 9.97 Å². The molecular weight excluding hydrogens is 415 g/mol. The first-order chi connectivity index (χ1) is 15.9. The summed E-state index contributed by atoms with van der Waals surface area (Å²) in [5.41, 5.74) is 1.98. The van der Waals surface area contributed by atoms with Gasteiger partial charge in [-0.25, -0.2) is 19.2 Å². The number of esters is 1. The minimum absolute atomic E-state index is 0.175. The number of aryl methyl sites for hydroxylation is 1.